The van der Waals surface area contributed by atoms with Crippen LogP contribution >= 0.6 is 0 Å². The number of benzene rings is 1. The lowest BCUT2D eigenvalue weighted by atomic mass is 10.1. The highest BCUT2D eigenvalue weighted by Crippen LogP contribution is 2.15. The third-order valence-corrected chi connectivity index (χ3v) is 4.24. The minimum absolute atomic E-state index is 0.0603. The first-order chi connectivity index (χ1) is 12.7. The van der Waals surface area contributed by atoms with Crippen LogP contribution in [0.15, 0.2) is 78.1 Å². The summed E-state index contributed by atoms with van der Waals surface area (Å²) in [4.78, 5) is 33.3. The first-order valence-electron chi connectivity index (χ1n) is 8.29. The van der Waals surface area contributed by atoms with Crippen molar-refractivity contribution in [1.29, 1.82) is 0 Å². The van der Waals surface area contributed by atoms with Gasteiger partial charge in [-0.05, 0) is 12.1 Å². The van der Waals surface area contributed by atoms with E-state index < -0.39 is 0 Å². The molecular formula is C20H16N4O2. The van der Waals surface area contributed by atoms with E-state index in [-0.39, 0.29) is 11.3 Å². The molecule has 0 unspecified atom stereocenters. The van der Waals surface area contributed by atoms with Crippen LogP contribution in [0, 0.1) is 0 Å². The van der Waals surface area contributed by atoms with Gasteiger partial charge < -0.3 is 4.57 Å². The van der Waals surface area contributed by atoms with Crippen LogP contribution in [0.4, 0.5) is 0 Å². The van der Waals surface area contributed by atoms with Crippen LogP contribution < -0.4 is 5.56 Å². The summed E-state index contributed by atoms with van der Waals surface area (Å²) < 4.78 is 3.31. The molecule has 4 aromatic rings. The maximum absolute atomic E-state index is 12.4. The molecule has 3 aromatic heterocycles. The van der Waals surface area contributed by atoms with E-state index in [0.29, 0.717) is 30.0 Å². The number of hydrogen-bond donors (Lipinski definition) is 0. The summed E-state index contributed by atoms with van der Waals surface area (Å²) in [7, 11) is 0. The van der Waals surface area contributed by atoms with Crippen molar-refractivity contribution in [3.8, 4) is 11.3 Å². The lowest BCUT2D eigenvalue weighted by molar-refractivity contribution is 0.0977. The van der Waals surface area contributed by atoms with Crippen molar-refractivity contribution in [3.63, 3.8) is 0 Å². The summed E-state index contributed by atoms with van der Waals surface area (Å²) in [6, 6.07) is 14.3. The maximum atomic E-state index is 12.4. The summed E-state index contributed by atoms with van der Waals surface area (Å²) in [5, 5.41) is 0. The van der Waals surface area contributed by atoms with Gasteiger partial charge in [-0.25, -0.2) is 4.98 Å². The van der Waals surface area contributed by atoms with Crippen molar-refractivity contribution in [2.45, 2.75) is 13.0 Å². The summed E-state index contributed by atoms with van der Waals surface area (Å²) in [6.07, 6.45) is 7.11. The van der Waals surface area contributed by atoms with Crippen LogP contribution in [0.1, 0.15) is 16.8 Å². The van der Waals surface area contributed by atoms with Gasteiger partial charge >= 0.3 is 0 Å². The number of hydrogen-bond acceptors (Lipinski definition) is 4. The second kappa shape index (κ2) is 6.76. The van der Waals surface area contributed by atoms with Crippen molar-refractivity contribution < 1.29 is 4.79 Å². The number of rotatable bonds is 5. The van der Waals surface area contributed by atoms with E-state index >= 15 is 0 Å². The SMILES string of the molecule is O=C(CCn1ccn2c(=O)cc(-c3ccncc3)nc12)c1ccccc1. The average Bonchev–Trinajstić information content (AvgIpc) is 3.11. The summed E-state index contributed by atoms with van der Waals surface area (Å²) in [5.74, 6) is 0.579. The van der Waals surface area contributed by atoms with Crippen molar-refractivity contribution in [2.75, 3.05) is 0 Å². The summed E-state index contributed by atoms with van der Waals surface area (Å²) in [6.45, 7) is 0.455. The number of imidazole rings is 1. The van der Waals surface area contributed by atoms with E-state index in [1.807, 2.05) is 34.9 Å². The standard InChI is InChI=1S/C20H16N4O2/c25-18(16-4-2-1-3-5-16)8-11-23-12-13-24-19(26)14-17(22-20(23)24)15-6-9-21-10-7-15/h1-7,9-10,12-14H,8,11H2. The van der Waals surface area contributed by atoms with E-state index in [2.05, 4.69) is 9.97 Å². The molecule has 0 radical (unpaired) electrons. The molecule has 1 aromatic carbocycles. The zero-order valence-electron chi connectivity index (χ0n) is 13.9. The number of carbonyl (C=O) groups is 1. The second-order valence-electron chi connectivity index (χ2n) is 5.92. The lowest BCUT2D eigenvalue weighted by Gasteiger charge is -2.06. The highest BCUT2D eigenvalue weighted by molar-refractivity contribution is 5.95. The molecule has 0 amide bonds. The molecule has 0 bridgehead atoms. The molecule has 0 N–H and O–H groups in total. The molecule has 0 fully saturated rings. The van der Waals surface area contributed by atoms with Gasteiger partial charge in [0, 0.05) is 54.9 Å². The van der Waals surface area contributed by atoms with Crippen LogP contribution in [-0.2, 0) is 6.54 Å². The Kier molecular flexibility index (Phi) is 4.15. The van der Waals surface area contributed by atoms with E-state index in [1.165, 1.54) is 10.5 Å². The Morgan fingerprint density at radius 2 is 1.77 bits per heavy atom. The van der Waals surface area contributed by atoms with Gasteiger partial charge in [0.15, 0.2) is 5.78 Å². The quantitative estimate of drug-likeness (QED) is 0.522. The first-order valence-corrected chi connectivity index (χ1v) is 8.29. The Morgan fingerprint density at radius 3 is 2.54 bits per heavy atom. The molecule has 0 aliphatic rings. The van der Waals surface area contributed by atoms with Gasteiger partial charge in [0.25, 0.3) is 5.56 Å². The molecular weight excluding hydrogens is 328 g/mol. The zero-order chi connectivity index (χ0) is 17.9. The fraction of sp³-hybridized carbons (Fsp3) is 0.100. The molecule has 3 heterocycles. The Hall–Kier alpha value is -3.54. The number of nitrogens with zero attached hydrogens (tertiary/aromatic N) is 4. The van der Waals surface area contributed by atoms with Gasteiger partial charge in [0.05, 0.1) is 5.69 Å². The highest BCUT2D eigenvalue weighted by atomic mass is 16.1. The number of pyridine rings is 1. The number of carbonyl (C=O) groups excluding carboxylic acids is 1. The topological polar surface area (TPSA) is 69.3 Å². The molecule has 128 valence electrons. The van der Waals surface area contributed by atoms with Crippen molar-refractivity contribution in [1.82, 2.24) is 18.9 Å². The number of Topliss-reactive ketones (excluding diaryl/α,β-unsaturated/α-hetero) is 1. The number of aromatic nitrogens is 4. The monoisotopic (exact) mass is 344 g/mol. The molecule has 0 saturated heterocycles. The first kappa shape index (κ1) is 16.0. The van der Waals surface area contributed by atoms with Crippen molar-refractivity contribution >= 4 is 11.6 Å². The van der Waals surface area contributed by atoms with Gasteiger partial charge in [0.1, 0.15) is 0 Å². The Morgan fingerprint density at radius 1 is 1.00 bits per heavy atom. The van der Waals surface area contributed by atoms with Crippen LogP contribution in [-0.4, -0.2) is 24.7 Å². The smallest absolute Gasteiger partial charge is 0.259 e. The number of fused-ring (bicyclic) bond motifs is 1. The predicted molar refractivity (Wildman–Crippen MR) is 98.1 cm³/mol. The molecule has 0 spiro atoms. The third-order valence-electron chi connectivity index (χ3n) is 4.24. The maximum Gasteiger partial charge on any atom is 0.259 e. The normalized spacial score (nSPS) is 10.9. The second-order valence-corrected chi connectivity index (χ2v) is 5.92. The molecule has 4 rings (SSSR count). The van der Waals surface area contributed by atoms with Gasteiger partial charge in [-0.3, -0.25) is 19.0 Å². The van der Waals surface area contributed by atoms with Gasteiger partial charge in [-0.15, -0.1) is 0 Å². The lowest BCUT2D eigenvalue weighted by Crippen LogP contribution is -2.14. The van der Waals surface area contributed by atoms with E-state index in [9.17, 15) is 9.59 Å². The average molecular weight is 344 g/mol. The highest BCUT2D eigenvalue weighted by Gasteiger charge is 2.11. The molecule has 6 nitrogen and oxygen atoms in total. The molecule has 0 saturated carbocycles. The molecule has 0 aliphatic heterocycles. The minimum atomic E-state index is -0.157. The van der Waals surface area contributed by atoms with E-state index in [4.69, 9.17) is 0 Å². The summed E-state index contributed by atoms with van der Waals surface area (Å²) >= 11 is 0. The molecule has 0 atom stereocenters. The fourth-order valence-electron chi connectivity index (χ4n) is 2.87. The van der Waals surface area contributed by atoms with Gasteiger partial charge in [0.2, 0.25) is 5.78 Å². The Labute approximate surface area is 149 Å². The zero-order valence-corrected chi connectivity index (χ0v) is 13.9. The Bertz CT molecular complexity index is 1110. The molecule has 26 heavy (non-hydrogen) atoms. The number of aryl methyl sites for hydroxylation is 1. The van der Waals surface area contributed by atoms with Gasteiger partial charge in [-0.1, -0.05) is 30.3 Å². The fourth-order valence-corrected chi connectivity index (χ4v) is 2.87. The van der Waals surface area contributed by atoms with Crippen LogP contribution in [0.25, 0.3) is 17.0 Å². The molecule has 0 aliphatic carbocycles. The minimum Gasteiger partial charge on any atom is -0.316 e. The third kappa shape index (κ3) is 3.04. The van der Waals surface area contributed by atoms with Crippen LogP contribution in [0.5, 0.6) is 0 Å². The summed E-state index contributed by atoms with van der Waals surface area (Å²) in [5.41, 5.74) is 1.95. The largest absolute Gasteiger partial charge is 0.316 e. The van der Waals surface area contributed by atoms with Gasteiger partial charge in [-0.2, -0.15) is 0 Å². The van der Waals surface area contributed by atoms with Crippen molar-refractivity contribution in [3.05, 3.63) is 89.2 Å². The van der Waals surface area contributed by atoms with E-state index in [0.717, 1.165) is 5.56 Å². The van der Waals surface area contributed by atoms with Crippen LogP contribution in [0.3, 0.4) is 0 Å². The number of ketones is 1. The van der Waals surface area contributed by atoms with Crippen LogP contribution in [0.2, 0.25) is 0 Å². The van der Waals surface area contributed by atoms with Crippen molar-refractivity contribution in [2.24, 2.45) is 0 Å². The molecule has 6 heteroatoms. The Balaban J connectivity index is 1.65. The van der Waals surface area contributed by atoms with E-state index in [1.54, 1.807) is 36.9 Å². The predicted octanol–water partition coefficient (Wildman–Crippen LogP) is 2.83.